The summed E-state index contributed by atoms with van der Waals surface area (Å²) in [6.45, 7) is 2.46. The summed E-state index contributed by atoms with van der Waals surface area (Å²) in [6, 6.07) is 22.6. The number of benzene rings is 3. The summed E-state index contributed by atoms with van der Waals surface area (Å²) in [5, 5.41) is 8.50. The lowest BCUT2D eigenvalue weighted by atomic mass is 9.98. The first kappa shape index (κ1) is 21.8. The molecule has 4 rings (SSSR count). The van der Waals surface area contributed by atoms with Crippen LogP contribution in [0.4, 0.5) is 5.82 Å². The van der Waals surface area contributed by atoms with Gasteiger partial charge in [-0.3, -0.25) is 14.3 Å². The third kappa shape index (κ3) is 4.90. The molecule has 0 aliphatic heterocycles. The van der Waals surface area contributed by atoms with Crippen molar-refractivity contribution < 1.29 is 9.59 Å². The molecule has 0 radical (unpaired) electrons. The zero-order chi connectivity index (χ0) is 22.7. The van der Waals surface area contributed by atoms with E-state index in [-0.39, 0.29) is 11.3 Å². The van der Waals surface area contributed by atoms with E-state index in [0.717, 1.165) is 11.3 Å². The lowest BCUT2D eigenvalue weighted by Gasteiger charge is -2.09. The van der Waals surface area contributed by atoms with E-state index in [4.69, 9.17) is 23.2 Å². The number of aryl methyl sites for hydroxylation is 1. The average Bonchev–Trinajstić information content (AvgIpc) is 3.13. The molecule has 0 bridgehead atoms. The van der Waals surface area contributed by atoms with Crippen molar-refractivity contribution in [1.82, 2.24) is 9.78 Å². The van der Waals surface area contributed by atoms with E-state index in [0.29, 0.717) is 33.5 Å². The normalized spacial score (nSPS) is 10.7. The van der Waals surface area contributed by atoms with Gasteiger partial charge in [0, 0.05) is 32.9 Å². The van der Waals surface area contributed by atoms with Crippen molar-refractivity contribution in [2.45, 2.75) is 13.5 Å². The van der Waals surface area contributed by atoms with E-state index < -0.39 is 5.91 Å². The summed E-state index contributed by atoms with van der Waals surface area (Å²) in [5.74, 6) is -0.244. The van der Waals surface area contributed by atoms with Crippen LogP contribution in [0.1, 0.15) is 37.5 Å². The third-order valence-electron chi connectivity index (χ3n) is 4.99. The molecule has 0 saturated carbocycles. The summed E-state index contributed by atoms with van der Waals surface area (Å²) < 4.78 is 1.80. The maximum atomic E-state index is 13.0. The predicted molar refractivity (Wildman–Crippen MR) is 127 cm³/mol. The highest BCUT2D eigenvalue weighted by molar-refractivity contribution is 6.31. The molecule has 0 spiro atoms. The number of amides is 1. The first-order valence-corrected chi connectivity index (χ1v) is 10.7. The maximum Gasteiger partial charge on any atom is 0.257 e. The monoisotopic (exact) mass is 463 g/mol. The molecule has 0 fully saturated rings. The number of rotatable bonds is 6. The third-order valence-corrected chi connectivity index (χ3v) is 5.50. The Hall–Kier alpha value is -3.41. The topological polar surface area (TPSA) is 64.0 Å². The van der Waals surface area contributed by atoms with Crippen LogP contribution in [0.2, 0.25) is 10.0 Å². The zero-order valence-corrected chi connectivity index (χ0v) is 18.7. The van der Waals surface area contributed by atoms with Gasteiger partial charge in [0.2, 0.25) is 0 Å². The molecule has 0 aliphatic rings. The van der Waals surface area contributed by atoms with Crippen molar-refractivity contribution in [3.8, 4) is 0 Å². The van der Waals surface area contributed by atoms with Gasteiger partial charge in [0.05, 0.1) is 12.1 Å². The first-order chi connectivity index (χ1) is 15.4. The maximum absolute atomic E-state index is 13.0. The molecular formula is C25H19Cl2N3O2. The van der Waals surface area contributed by atoms with Gasteiger partial charge in [-0.2, -0.15) is 5.10 Å². The van der Waals surface area contributed by atoms with Gasteiger partial charge in [-0.1, -0.05) is 53.5 Å². The van der Waals surface area contributed by atoms with Crippen LogP contribution < -0.4 is 5.32 Å². The number of nitrogens with zero attached hydrogens (tertiary/aromatic N) is 2. The van der Waals surface area contributed by atoms with E-state index in [2.05, 4.69) is 10.4 Å². The van der Waals surface area contributed by atoms with E-state index in [1.165, 1.54) is 0 Å². The van der Waals surface area contributed by atoms with E-state index >= 15 is 0 Å². The van der Waals surface area contributed by atoms with Gasteiger partial charge >= 0.3 is 0 Å². The highest BCUT2D eigenvalue weighted by Crippen LogP contribution is 2.19. The van der Waals surface area contributed by atoms with Gasteiger partial charge in [0.15, 0.2) is 11.6 Å². The van der Waals surface area contributed by atoms with Crippen molar-refractivity contribution in [2.75, 3.05) is 5.32 Å². The number of hydrogen-bond donors (Lipinski definition) is 1. The Morgan fingerprint density at radius 3 is 2.12 bits per heavy atom. The smallest absolute Gasteiger partial charge is 0.257 e. The Kier molecular flexibility index (Phi) is 6.40. The molecule has 4 aromatic rings. The van der Waals surface area contributed by atoms with Gasteiger partial charge in [0.1, 0.15) is 0 Å². The van der Waals surface area contributed by atoms with Crippen LogP contribution in [0.3, 0.4) is 0 Å². The number of anilines is 1. The minimum atomic E-state index is -0.404. The molecule has 1 N–H and O–H groups in total. The average molecular weight is 464 g/mol. The number of hydrogen-bond acceptors (Lipinski definition) is 3. The van der Waals surface area contributed by atoms with E-state index in [1.807, 2.05) is 31.2 Å². The lowest BCUT2D eigenvalue weighted by molar-refractivity contribution is 0.0996. The molecule has 1 amide bonds. The second-order valence-electron chi connectivity index (χ2n) is 7.29. The van der Waals surface area contributed by atoms with E-state index in [1.54, 1.807) is 59.3 Å². The van der Waals surface area contributed by atoms with Crippen LogP contribution in [-0.4, -0.2) is 21.5 Å². The van der Waals surface area contributed by atoms with Crippen molar-refractivity contribution >= 4 is 40.7 Å². The fourth-order valence-electron chi connectivity index (χ4n) is 3.31. The van der Waals surface area contributed by atoms with Crippen LogP contribution in [0.25, 0.3) is 0 Å². The molecule has 0 aliphatic carbocycles. The largest absolute Gasteiger partial charge is 0.305 e. The number of carbonyl (C=O) groups excluding carboxylic acids is 2. The quantitative estimate of drug-likeness (QED) is 0.355. The molecule has 0 saturated heterocycles. The summed E-state index contributed by atoms with van der Waals surface area (Å²) in [6.07, 6.45) is 0. The minimum Gasteiger partial charge on any atom is -0.305 e. The highest BCUT2D eigenvalue weighted by Gasteiger charge is 2.19. The standard InChI is InChI=1S/C25H19Cl2N3O2/c1-16-14-23(29-30(16)15-17-6-10-19(26)11-7-17)28-25(32)22-5-3-2-4-21(22)24(31)18-8-12-20(27)13-9-18/h2-14H,15H2,1H3,(H,28,29,32). The molecule has 1 aromatic heterocycles. The summed E-state index contributed by atoms with van der Waals surface area (Å²) >= 11 is 11.9. The zero-order valence-electron chi connectivity index (χ0n) is 17.2. The summed E-state index contributed by atoms with van der Waals surface area (Å²) in [4.78, 5) is 26.0. The number of halogens is 2. The summed E-state index contributed by atoms with van der Waals surface area (Å²) in [5.41, 5.74) is 2.97. The Balaban J connectivity index is 1.54. The molecule has 7 heteroatoms. The number of carbonyl (C=O) groups is 2. The van der Waals surface area contributed by atoms with Crippen LogP contribution in [0.15, 0.2) is 78.9 Å². The van der Waals surface area contributed by atoms with E-state index in [9.17, 15) is 9.59 Å². The Bertz CT molecular complexity index is 1280. The molecule has 1 heterocycles. The number of nitrogens with one attached hydrogen (secondary N) is 1. The molecular weight excluding hydrogens is 445 g/mol. The molecule has 0 atom stereocenters. The van der Waals surface area contributed by atoms with Gasteiger partial charge < -0.3 is 5.32 Å². The number of ketones is 1. The highest BCUT2D eigenvalue weighted by atomic mass is 35.5. The van der Waals surface area contributed by atoms with Crippen LogP contribution in [0, 0.1) is 6.92 Å². The van der Waals surface area contributed by atoms with Crippen LogP contribution >= 0.6 is 23.2 Å². The van der Waals surface area contributed by atoms with Gasteiger partial charge in [0.25, 0.3) is 5.91 Å². The molecule has 5 nitrogen and oxygen atoms in total. The Morgan fingerprint density at radius 2 is 1.47 bits per heavy atom. The van der Waals surface area contributed by atoms with Crippen LogP contribution in [-0.2, 0) is 6.54 Å². The Labute approximate surface area is 195 Å². The molecule has 32 heavy (non-hydrogen) atoms. The lowest BCUT2D eigenvalue weighted by Crippen LogP contribution is -2.17. The summed E-state index contributed by atoms with van der Waals surface area (Å²) in [7, 11) is 0. The van der Waals surface area contributed by atoms with Crippen molar-refractivity contribution in [2.24, 2.45) is 0 Å². The molecule has 3 aromatic carbocycles. The predicted octanol–water partition coefficient (Wildman–Crippen LogP) is 6.03. The van der Waals surface area contributed by atoms with Crippen molar-refractivity contribution in [3.63, 3.8) is 0 Å². The SMILES string of the molecule is Cc1cc(NC(=O)c2ccccc2C(=O)c2ccc(Cl)cc2)nn1Cc1ccc(Cl)cc1. The minimum absolute atomic E-state index is 0.253. The molecule has 0 unspecified atom stereocenters. The van der Waals surface area contributed by atoms with Crippen LogP contribution in [0.5, 0.6) is 0 Å². The second kappa shape index (κ2) is 9.39. The Morgan fingerprint density at radius 1 is 0.875 bits per heavy atom. The van der Waals surface area contributed by atoms with Gasteiger partial charge in [-0.05, 0) is 55.0 Å². The fourth-order valence-corrected chi connectivity index (χ4v) is 3.57. The molecule has 160 valence electrons. The van der Waals surface area contributed by atoms with Gasteiger partial charge in [-0.25, -0.2) is 0 Å². The van der Waals surface area contributed by atoms with Crippen molar-refractivity contribution in [1.29, 1.82) is 0 Å². The van der Waals surface area contributed by atoms with Crippen molar-refractivity contribution in [3.05, 3.63) is 117 Å². The fraction of sp³-hybridized carbons (Fsp3) is 0.0800. The van der Waals surface area contributed by atoms with Gasteiger partial charge in [-0.15, -0.1) is 0 Å². The number of aromatic nitrogens is 2. The first-order valence-electron chi connectivity index (χ1n) is 9.90. The second-order valence-corrected chi connectivity index (χ2v) is 8.16.